The molecule has 1 unspecified atom stereocenters. The van der Waals surface area contributed by atoms with Crippen LogP contribution in [-0.2, 0) is 22.6 Å². The molecule has 3 rings (SSSR count). The molecule has 0 aliphatic heterocycles. The van der Waals surface area contributed by atoms with E-state index in [-0.39, 0.29) is 30.9 Å². The Morgan fingerprint density at radius 1 is 0.974 bits per heavy atom. The van der Waals surface area contributed by atoms with E-state index in [1.807, 2.05) is 18.2 Å². The molecule has 1 N–H and O–H groups in total. The predicted octanol–water partition coefficient (Wildman–Crippen LogP) is 6.38. The van der Waals surface area contributed by atoms with Gasteiger partial charge in [0.2, 0.25) is 0 Å². The van der Waals surface area contributed by atoms with Crippen molar-refractivity contribution < 1.29 is 19.1 Å². The third kappa shape index (κ3) is 8.21. The van der Waals surface area contributed by atoms with Crippen molar-refractivity contribution in [3.05, 3.63) is 99.6 Å². The SMILES string of the molecule is COC(=O)CCc1ccc(COc2ccc(C#N)cc2)cc1C(=O)NC(CC(C)C)c1cc(C)cc(C)c1. The molecule has 0 aliphatic carbocycles. The second-order valence-electron chi connectivity index (χ2n) is 10.1. The van der Waals surface area contributed by atoms with Crippen LogP contribution in [0.15, 0.2) is 60.7 Å². The Hall–Kier alpha value is -4.11. The molecule has 38 heavy (non-hydrogen) atoms. The van der Waals surface area contributed by atoms with Crippen LogP contribution in [0, 0.1) is 31.1 Å². The average molecular weight is 513 g/mol. The zero-order valence-electron chi connectivity index (χ0n) is 22.8. The predicted molar refractivity (Wildman–Crippen MR) is 148 cm³/mol. The van der Waals surface area contributed by atoms with E-state index in [0.29, 0.717) is 29.2 Å². The summed E-state index contributed by atoms with van der Waals surface area (Å²) in [6, 6.07) is 20.8. The standard InChI is InChI=1S/C32H36N2O4/c1-21(2)14-30(27-16-22(3)15-23(4)17-27)34-32(36)29-18-25(6-9-26(29)10-13-31(35)37-5)20-38-28-11-7-24(19-33)8-12-28/h6-9,11-12,15-18,21,30H,10,13-14,20H2,1-5H3,(H,34,36). The second-order valence-corrected chi connectivity index (χ2v) is 10.1. The highest BCUT2D eigenvalue weighted by molar-refractivity contribution is 5.96. The van der Waals surface area contributed by atoms with Crippen molar-refractivity contribution in [1.29, 1.82) is 5.26 Å². The Bertz CT molecular complexity index is 1290. The highest BCUT2D eigenvalue weighted by atomic mass is 16.5. The summed E-state index contributed by atoms with van der Waals surface area (Å²) in [6.45, 7) is 8.67. The van der Waals surface area contributed by atoms with Gasteiger partial charge in [0.1, 0.15) is 12.4 Å². The van der Waals surface area contributed by atoms with Crippen molar-refractivity contribution in [2.75, 3.05) is 7.11 Å². The molecule has 6 nitrogen and oxygen atoms in total. The Morgan fingerprint density at radius 2 is 1.66 bits per heavy atom. The molecule has 0 saturated heterocycles. The summed E-state index contributed by atoms with van der Waals surface area (Å²) >= 11 is 0. The topological polar surface area (TPSA) is 88.4 Å². The van der Waals surface area contributed by atoms with E-state index in [1.165, 1.54) is 7.11 Å². The van der Waals surface area contributed by atoms with Gasteiger partial charge >= 0.3 is 5.97 Å². The quantitative estimate of drug-likeness (QED) is 0.301. The van der Waals surface area contributed by atoms with Gasteiger partial charge in [0.25, 0.3) is 5.91 Å². The number of hydrogen-bond acceptors (Lipinski definition) is 5. The molecule has 6 heteroatoms. The zero-order chi connectivity index (χ0) is 27.7. The summed E-state index contributed by atoms with van der Waals surface area (Å²) in [5, 5.41) is 12.3. The zero-order valence-corrected chi connectivity index (χ0v) is 22.8. The van der Waals surface area contributed by atoms with Gasteiger partial charge in [-0.1, -0.05) is 55.3 Å². The molecule has 0 saturated carbocycles. The molecular formula is C32H36N2O4. The molecular weight excluding hydrogens is 476 g/mol. The lowest BCUT2D eigenvalue weighted by Crippen LogP contribution is -2.30. The normalized spacial score (nSPS) is 11.5. The van der Waals surface area contributed by atoms with Crippen LogP contribution in [0.5, 0.6) is 5.75 Å². The summed E-state index contributed by atoms with van der Waals surface area (Å²) < 4.78 is 10.7. The fourth-order valence-electron chi connectivity index (χ4n) is 4.47. The van der Waals surface area contributed by atoms with Crippen LogP contribution in [0.3, 0.4) is 0 Å². The Labute approximate surface area is 225 Å². The van der Waals surface area contributed by atoms with Crippen LogP contribution in [0.25, 0.3) is 0 Å². The number of methoxy groups -OCH3 is 1. The van der Waals surface area contributed by atoms with E-state index in [2.05, 4.69) is 57.3 Å². The fourth-order valence-corrected chi connectivity index (χ4v) is 4.47. The first-order valence-electron chi connectivity index (χ1n) is 12.9. The van der Waals surface area contributed by atoms with Crippen LogP contribution >= 0.6 is 0 Å². The number of nitriles is 1. The molecule has 0 aromatic heterocycles. The maximum Gasteiger partial charge on any atom is 0.305 e. The van der Waals surface area contributed by atoms with Gasteiger partial charge < -0.3 is 14.8 Å². The van der Waals surface area contributed by atoms with E-state index in [4.69, 9.17) is 14.7 Å². The highest BCUT2D eigenvalue weighted by Crippen LogP contribution is 2.25. The van der Waals surface area contributed by atoms with Crippen molar-refractivity contribution in [2.45, 2.75) is 59.6 Å². The molecule has 0 fully saturated rings. The first-order valence-corrected chi connectivity index (χ1v) is 12.9. The largest absolute Gasteiger partial charge is 0.489 e. The van der Waals surface area contributed by atoms with Gasteiger partial charge in [0.15, 0.2) is 0 Å². The number of ether oxygens (including phenoxy) is 2. The van der Waals surface area contributed by atoms with Crippen LogP contribution in [0.1, 0.15) is 76.5 Å². The van der Waals surface area contributed by atoms with Crippen molar-refractivity contribution in [3.63, 3.8) is 0 Å². The van der Waals surface area contributed by atoms with Gasteiger partial charge in [0, 0.05) is 12.0 Å². The Morgan fingerprint density at radius 3 is 2.26 bits per heavy atom. The number of nitrogens with one attached hydrogen (secondary N) is 1. The summed E-state index contributed by atoms with van der Waals surface area (Å²) in [5.74, 6) is 0.510. The van der Waals surface area contributed by atoms with E-state index >= 15 is 0 Å². The van der Waals surface area contributed by atoms with Gasteiger partial charge in [-0.05, 0) is 79.6 Å². The van der Waals surface area contributed by atoms with Crippen LogP contribution in [0.2, 0.25) is 0 Å². The molecule has 0 aliphatic rings. The van der Waals surface area contributed by atoms with Crippen molar-refractivity contribution in [2.24, 2.45) is 5.92 Å². The maximum atomic E-state index is 13.7. The number of hydrogen-bond donors (Lipinski definition) is 1. The molecule has 3 aromatic carbocycles. The van der Waals surface area contributed by atoms with Gasteiger partial charge in [-0.2, -0.15) is 5.26 Å². The number of carbonyl (C=O) groups is 2. The summed E-state index contributed by atoms with van der Waals surface area (Å²) in [7, 11) is 1.36. The molecule has 0 heterocycles. The molecule has 1 atom stereocenters. The molecule has 1 amide bonds. The number of esters is 1. The lowest BCUT2D eigenvalue weighted by atomic mass is 9.93. The molecule has 3 aromatic rings. The van der Waals surface area contributed by atoms with Gasteiger partial charge in [-0.15, -0.1) is 0 Å². The minimum Gasteiger partial charge on any atom is -0.489 e. The van der Waals surface area contributed by atoms with Gasteiger partial charge in [-0.3, -0.25) is 9.59 Å². The average Bonchev–Trinajstić information content (AvgIpc) is 2.89. The van der Waals surface area contributed by atoms with E-state index in [9.17, 15) is 9.59 Å². The molecule has 0 bridgehead atoms. The number of rotatable bonds is 11. The smallest absolute Gasteiger partial charge is 0.305 e. The number of benzene rings is 3. The van der Waals surface area contributed by atoms with Crippen LogP contribution in [-0.4, -0.2) is 19.0 Å². The second kappa shape index (κ2) is 13.4. The van der Waals surface area contributed by atoms with Crippen molar-refractivity contribution >= 4 is 11.9 Å². The first kappa shape index (κ1) is 28.5. The molecule has 198 valence electrons. The summed E-state index contributed by atoms with van der Waals surface area (Å²) in [4.78, 5) is 25.5. The van der Waals surface area contributed by atoms with Crippen LogP contribution < -0.4 is 10.1 Å². The minimum atomic E-state index is -0.322. The number of nitrogens with zero attached hydrogens (tertiary/aromatic N) is 1. The Balaban J connectivity index is 1.88. The summed E-state index contributed by atoms with van der Waals surface area (Å²) in [5.41, 5.74) is 6.08. The fraction of sp³-hybridized carbons (Fsp3) is 0.344. The lowest BCUT2D eigenvalue weighted by Gasteiger charge is -2.23. The first-order chi connectivity index (χ1) is 18.2. The van der Waals surface area contributed by atoms with Gasteiger partial charge in [0.05, 0.1) is 24.8 Å². The van der Waals surface area contributed by atoms with E-state index < -0.39 is 0 Å². The lowest BCUT2D eigenvalue weighted by molar-refractivity contribution is -0.140. The molecule has 0 radical (unpaired) electrons. The highest BCUT2D eigenvalue weighted by Gasteiger charge is 2.21. The van der Waals surface area contributed by atoms with Gasteiger partial charge in [-0.25, -0.2) is 0 Å². The summed E-state index contributed by atoms with van der Waals surface area (Å²) in [6.07, 6.45) is 1.38. The van der Waals surface area contributed by atoms with Crippen molar-refractivity contribution in [1.82, 2.24) is 5.32 Å². The number of amides is 1. The third-order valence-electron chi connectivity index (χ3n) is 6.29. The maximum absolute atomic E-state index is 13.7. The van der Waals surface area contributed by atoms with Crippen LogP contribution in [0.4, 0.5) is 0 Å². The number of carbonyl (C=O) groups excluding carboxylic acids is 2. The van der Waals surface area contributed by atoms with Crippen molar-refractivity contribution in [3.8, 4) is 11.8 Å². The van der Waals surface area contributed by atoms with E-state index in [1.54, 1.807) is 24.3 Å². The monoisotopic (exact) mass is 512 g/mol. The minimum absolute atomic E-state index is 0.145. The Kier molecular flexibility index (Phi) is 10.1. The number of aryl methyl sites for hydroxylation is 3. The third-order valence-corrected chi connectivity index (χ3v) is 6.29. The molecule has 0 spiro atoms. The van der Waals surface area contributed by atoms with E-state index in [0.717, 1.165) is 34.2 Å².